The summed E-state index contributed by atoms with van der Waals surface area (Å²) in [5, 5.41) is 12.0. The summed E-state index contributed by atoms with van der Waals surface area (Å²) in [5.41, 5.74) is -1.03. The van der Waals surface area contributed by atoms with Gasteiger partial charge in [0.15, 0.2) is 0 Å². The van der Waals surface area contributed by atoms with Gasteiger partial charge in [-0.2, -0.15) is 0 Å². The molecule has 0 bridgehead atoms. The number of piperidine rings is 1. The molecule has 2 fully saturated rings. The van der Waals surface area contributed by atoms with Crippen molar-refractivity contribution in [3.05, 3.63) is 0 Å². The Balaban J connectivity index is 2.14. The van der Waals surface area contributed by atoms with Gasteiger partial charge in [-0.1, -0.05) is 0 Å². The maximum atomic E-state index is 11.4. The van der Waals surface area contributed by atoms with Crippen LogP contribution in [0.2, 0.25) is 0 Å². The lowest BCUT2D eigenvalue weighted by Crippen LogP contribution is -2.61. The highest BCUT2D eigenvalue weighted by molar-refractivity contribution is 5.86. The molecule has 2 aliphatic rings. The second-order valence-electron chi connectivity index (χ2n) is 4.85. The lowest BCUT2D eigenvalue weighted by Gasteiger charge is -2.41. The number of carboxylic acids is 1. The number of amides is 1. The molecule has 0 aromatic heterocycles. The smallest absolute Gasteiger partial charge is 0.329 e. The Morgan fingerprint density at radius 2 is 2.19 bits per heavy atom. The third-order valence-electron chi connectivity index (χ3n) is 3.73. The maximum absolute atomic E-state index is 11.4. The van der Waals surface area contributed by atoms with Crippen LogP contribution >= 0.6 is 0 Å². The summed E-state index contributed by atoms with van der Waals surface area (Å²) in [4.78, 5) is 24.8. The molecule has 2 saturated heterocycles. The molecule has 90 valence electrons. The normalized spacial score (nSPS) is 34.4. The second kappa shape index (κ2) is 4.05. The molecular weight excluding hydrogens is 208 g/mol. The van der Waals surface area contributed by atoms with Crippen molar-refractivity contribution in [2.45, 2.75) is 44.2 Å². The summed E-state index contributed by atoms with van der Waals surface area (Å²) < 4.78 is 0. The van der Waals surface area contributed by atoms with Crippen molar-refractivity contribution in [2.24, 2.45) is 0 Å². The number of aliphatic carboxylic acids is 1. The first kappa shape index (κ1) is 11.4. The van der Waals surface area contributed by atoms with Gasteiger partial charge in [0, 0.05) is 19.5 Å². The molecule has 2 atom stereocenters. The van der Waals surface area contributed by atoms with E-state index >= 15 is 0 Å². The van der Waals surface area contributed by atoms with Crippen LogP contribution in [0.1, 0.15) is 32.6 Å². The van der Waals surface area contributed by atoms with E-state index in [2.05, 4.69) is 10.2 Å². The van der Waals surface area contributed by atoms with E-state index < -0.39 is 11.5 Å². The van der Waals surface area contributed by atoms with Gasteiger partial charge in [-0.3, -0.25) is 4.79 Å². The van der Waals surface area contributed by atoms with Crippen LogP contribution in [-0.4, -0.2) is 46.6 Å². The van der Waals surface area contributed by atoms with E-state index in [9.17, 15) is 14.7 Å². The first-order chi connectivity index (χ1) is 7.53. The molecule has 2 rings (SSSR count). The molecule has 2 N–H and O–H groups in total. The van der Waals surface area contributed by atoms with E-state index in [1.165, 1.54) is 6.92 Å². The summed E-state index contributed by atoms with van der Waals surface area (Å²) in [6.07, 6.45) is 3.25. The molecule has 0 saturated carbocycles. The van der Waals surface area contributed by atoms with Crippen molar-refractivity contribution < 1.29 is 14.7 Å². The molecule has 0 radical (unpaired) electrons. The summed E-state index contributed by atoms with van der Waals surface area (Å²) in [6.45, 7) is 3.23. The summed E-state index contributed by atoms with van der Waals surface area (Å²) >= 11 is 0. The number of carboxylic acid groups (broad SMARTS) is 1. The molecule has 0 aromatic rings. The van der Waals surface area contributed by atoms with Crippen LogP contribution in [0.25, 0.3) is 0 Å². The fraction of sp³-hybridized carbons (Fsp3) is 0.818. The van der Waals surface area contributed by atoms with Gasteiger partial charge in [0.25, 0.3) is 0 Å². The topological polar surface area (TPSA) is 69.6 Å². The Labute approximate surface area is 94.8 Å². The molecule has 2 unspecified atom stereocenters. The minimum atomic E-state index is -1.03. The highest BCUT2D eigenvalue weighted by Crippen LogP contribution is 2.33. The Morgan fingerprint density at radius 1 is 1.44 bits per heavy atom. The van der Waals surface area contributed by atoms with Crippen molar-refractivity contribution in [3.63, 3.8) is 0 Å². The number of rotatable bonds is 2. The molecule has 1 amide bonds. The maximum Gasteiger partial charge on any atom is 0.329 e. The first-order valence-electron chi connectivity index (χ1n) is 5.80. The number of hydrogen-bond acceptors (Lipinski definition) is 3. The summed E-state index contributed by atoms with van der Waals surface area (Å²) in [6, 6.07) is 0.330. The van der Waals surface area contributed by atoms with E-state index in [1.54, 1.807) is 0 Å². The lowest BCUT2D eigenvalue weighted by atomic mass is 9.83. The number of carbonyl (C=O) groups is 2. The average molecular weight is 226 g/mol. The molecule has 0 aliphatic carbocycles. The van der Waals surface area contributed by atoms with Crippen LogP contribution in [0.3, 0.4) is 0 Å². The number of fused-ring (bicyclic) bond motifs is 1. The fourth-order valence-corrected chi connectivity index (χ4v) is 2.96. The molecule has 2 aliphatic heterocycles. The van der Waals surface area contributed by atoms with E-state index in [-0.39, 0.29) is 5.91 Å². The molecule has 5 heteroatoms. The SMILES string of the molecule is CC(=O)NC1(C(=O)O)CCN2CCCC2C1. The van der Waals surface area contributed by atoms with E-state index in [4.69, 9.17) is 0 Å². The van der Waals surface area contributed by atoms with Crippen LogP contribution in [0.4, 0.5) is 0 Å². The lowest BCUT2D eigenvalue weighted by molar-refractivity contribution is -0.150. The summed E-state index contributed by atoms with van der Waals surface area (Å²) in [5.74, 6) is -1.15. The standard InChI is InChI=1S/C11H18N2O3/c1-8(14)12-11(10(15)16)4-6-13-5-2-3-9(13)7-11/h9H,2-7H2,1H3,(H,12,14)(H,15,16). The van der Waals surface area contributed by atoms with Gasteiger partial charge >= 0.3 is 5.97 Å². The molecule has 2 heterocycles. The van der Waals surface area contributed by atoms with Crippen molar-refractivity contribution in [3.8, 4) is 0 Å². The molecule has 0 spiro atoms. The highest BCUT2D eigenvalue weighted by atomic mass is 16.4. The highest BCUT2D eigenvalue weighted by Gasteiger charge is 2.47. The Bertz CT molecular complexity index is 318. The van der Waals surface area contributed by atoms with Crippen LogP contribution in [-0.2, 0) is 9.59 Å². The minimum absolute atomic E-state index is 0.256. The van der Waals surface area contributed by atoms with Gasteiger partial charge in [-0.05, 0) is 32.2 Å². The van der Waals surface area contributed by atoms with Crippen molar-refractivity contribution in [2.75, 3.05) is 13.1 Å². The van der Waals surface area contributed by atoms with E-state index in [0.717, 1.165) is 25.9 Å². The third-order valence-corrected chi connectivity index (χ3v) is 3.73. The Hall–Kier alpha value is -1.10. The minimum Gasteiger partial charge on any atom is -0.480 e. The predicted octanol–water partition coefficient (Wildman–Crippen LogP) is 0.204. The molecule has 16 heavy (non-hydrogen) atoms. The number of nitrogens with zero attached hydrogens (tertiary/aromatic N) is 1. The number of nitrogens with one attached hydrogen (secondary N) is 1. The largest absolute Gasteiger partial charge is 0.480 e. The van der Waals surface area contributed by atoms with Crippen LogP contribution < -0.4 is 5.32 Å². The third kappa shape index (κ3) is 1.91. The fourth-order valence-electron chi connectivity index (χ4n) is 2.96. The zero-order valence-electron chi connectivity index (χ0n) is 9.53. The second-order valence-corrected chi connectivity index (χ2v) is 4.85. The van der Waals surface area contributed by atoms with Crippen molar-refractivity contribution >= 4 is 11.9 Å². The Kier molecular flexibility index (Phi) is 2.88. The first-order valence-corrected chi connectivity index (χ1v) is 5.80. The quantitative estimate of drug-likeness (QED) is 0.706. The Morgan fingerprint density at radius 3 is 2.81 bits per heavy atom. The zero-order chi connectivity index (χ0) is 11.8. The van der Waals surface area contributed by atoms with Crippen molar-refractivity contribution in [1.82, 2.24) is 10.2 Å². The van der Waals surface area contributed by atoms with Gasteiger partial charge in [0.2, 0.25) is 5.91 Å². The van der Waals surface area contributed by atoms with Crippen LogP contribution in [0.15, 0.2) is 0 Å². The average Bonchev–Trinajstić information content (AvgIpc) is 2.63. The van der Waals surface area contributed by atoms with Crippen LogP contribution in [0, 0.1) is 0 Å². The van der Waals surface area contributed by atoms with Gasteiger partial charge < -0.3 is 15.3 Å². The summed E-state index contributed by atoms with van der Waals surface area (Å²) in [7, 11) is 0. The number of carbonyl (C=O) groups excluding carboxylic acids is 1. The number of hydrogen-bond donors (Lipinski definition) is 2. The van der Waals surface area contributed by atoms with Gasteiger partial charge in [0.1, 0.15) is 5.54 Å². The zero-order valence-corrected chi connectivity index (χ0v) is 9.53. The molecule has 0 aromatic carbocycles. The van der Waals surface area contributed by atoms with Gasteiger partial charge in [0.05, 0.1) is 0 Å². The van der Waals surface area contributed by atoms with Gasteiger partial charge in [-0.25, -0.2) is 4.79 Å². The van der Waals surface area contributed by atoms with E-state index in [1.807, 2.05) is 0 Å². The monoisotopic (exact) mass is 226 g/mol. The molecule has 5 nitrogen and oxygen atoms in total. The van der Waals surface area contributed by atoms with Gasteiger partial charge in [-0.15, -0.1) is 0 Å². The molecular formula is C11H18N2O3. The van der Waals surface area contributed by atoms with E-state index in [0.29, 0.717) is 18.9 Å². The van der Waals surface area contributed by atoms with Crippen molar-refractivity contribution in [1.29, 1.82) is 0 Å². The van der Waals surface area contributed by atoms with Crippen LogP contribution in [0.5, 0.6) is 0 Å². The predicted molar refractivity (Wildman–Crippen MR) is 58.0 cm³/mol.